The van der Waals surface area contributed by atoms with Gasteiger partial charge < -0.3 is 18.9 Å². The first-order chi connectivity index (χ1) is 24.7. The van der Waals surface area contributed by atoms with Gasteiger partial charge in [0.15, 0.2) is 11.5 Å². The Morgan fingerprint density at radius 1 is 0.480 bits per heavy atom. The first kappa shape index (κ1) is 45.6. The van der Waals surface area contributed by atoms with E-state index in [-0.39, 0.29) is 0 Å². The lowest BCUT2D eigenvalue weighted by molar-refractivity contribution is 0.0599. The van der Waals surface area contributed by atoms with Crippen LogP contribution in [0.5, 0.6) is 17.2 Å². The molecule has 0 N–H and O–H groups in total. The minimum atomic E-state index is -0.406. The van der Waals surface area contributed by atoms with Crippen molar-refractivity contribution in [3.8, 4) is 17.2 Å². The molecule has 5 nitrogen and oxygen atoms in total. The smallest absolute Gasteiger partial charge is 0.338 e. The molecule has 0 amide bonds. The van der Waals surface area contributed by atoms with Crippen molar-refractivity contribution in [2.45, 2.75) is 194 Å². The van der Waals surface area contributed by atoms with Gasteiger partial charge in [-0.25, -0.2) is 4.79 Å². The maximum Gasteiger partial charge on any atom is 0.338 e. The van der Waals surface area contributed by atoms with Gasteiger partial charge in [0.05, 0.1) is 33.0 Å². The van der Waals surface area contributed by atoms with Crippen LogP contribution in [0.25, 0.3) is 0 Å². The van der Waals surface area contributed by atoms with Crippen molar-refractivity contribution in [1.82, 2.24) is 0 Å². The van der Waals surface area contributed by atoms with Crippen LogP contribution in [0.4, 0.5) is 0 Å². The molecule has 0 aromatic heterocycles. The third-order valence-corrected chi connectivity index (χ3v) is 9.47. The van der Waals surface area contributed by atoms with Crippen LogP contribution in [0.2, 0.25) is 0 Å². The van der Waals surface area contributed by atoms with Gasteiger partial charge in [0.2, 0.25) is 5.75 Å². The van der Waals surface area contributed by atoms with E-state index in [2.05, 4.69) is 38.2 Å². The number of unbranched alkanes of at least 4 members (excludes halogenated alkanes) is 24. The normalized spacial score (nSPS) is 11.5. The Kier molecular flexibility index (Phi) is 31.9. The molecule has 0 bridgehead atoms. The van der Waals surface area contributed by atoms with E-state index in [9.17, 15) is 4.79 Å². The van der Waals surface area contributed by atoms with Crippen LogP contribution in [-0.2, 0) is 4.74 Å². The second-order valence-corrected chi connectivity index (χ2v) is 14.1. The molecular formula is C45H78O5. The number of benzene rings is 1. The summed E-state index contributed by atoms with van der Waals surface area (Å²) in [6.45, 7) is 5.71. The zero-order chi connectivity index (χ0) is 36.2. The van der Waals surface area contributed by atoms with Crippen molar-refractivity contribution in [1.29, 1.82) is 0 Å². The molecule has 0 radical (unpaired) electrons. The number of hydrogen-bond donors (Lipinski definition) is 0. The number of esters is 1. The van der Waals surface area contributed by atoms with Crippen molar-refractivity contribution in [3.63, 3.8) is 0 Å². The lowest BCUT2D eigenvalue weighted by atomic mass is 10.1. The molecule has 0 heterocycles. The maximum atomic E-state index is 12.4. The number of allylic oxidation sites excluding steroid dienone is 4. The molecule has 288 valence electrons. The van der Waals surface area contributed by atoms with Gasteiger partial charge in [-0.15, -0.1) is 0 Å². The summed E-state index contributed by atoms with van der Waals surface area (Å²) in [4.78, 5) is 12.4. The number of rotatable bonds is 36. The molecule has 0 saturated carbocycles. The van der Waals surface area contributed by atoms with E-state index < -0.39 is 5.97 Å². The SMILES string of the molecule is CCCCCCCC/C=C\CCCCCCCCOc1cc(C(=O)OC)cc(OCCCCCCCC/C=C\CCCCCCCC)c1OC. The molecule has 5 heteroatoms. The van der Waals surface area contributed by atoms with Crippen molar-refractivity contribution in [2.24, 2.45) is 0 Å². The highest BCUT2D eigenvalue weighted by molar-refractivity contribution is 5.91. The van der Waals surface area contributed by atoms with Crippen molar-refractivity contribution in [2.75, 3.05) is 27.4 Å². The predicted octanol–water partition coefficient (Wildman–Crippen LogP) is 14.3. The van der Waals surface area contributed by atoms with Gasteiger partial charge in [0.1, 0.15) is 0 Å². The van der Waals surface area contributed by atoms with Gasteiger partial charge in [-0.05, 0) is 76.3 Å². The Hall–Kier alpha value is -2.43. The Labute approximate surface area is 309 Å². The van der Waals surface area contributed by atoms with Crippen LogP contribution >= 0.6 is 0 Å². The molecule has 0 atom stereocenters. The highest BCUT2D eigenvalue weighted by Crippen LogP contribution is 2.39. The number of carbonyl (C=O) groups is 1. The van der Waals surface area contributed by atoms with Crippen LogP contribution in [0.1, 0.15) is 204 Å². The summed E-state index contributed by atoms with van der Waals surface area (Å²) in [6.07, 6.45) is 45.2. The van der Waals surface area contributed by atoms with Gasteiger partial charge in [-0.3, -0.25) is 0 Å². The predicted molar refractivity (Wildman–Crippen MR) is 214 cm³/mol. The summed E-state index contributed by atoms with van der Waals surface area (Å²) in [7, 11) is 3.02. The second-order valence-electron chi connectivity index (χ2n) is 14.1. The minimum absolute atomic E-state index is 0.406. The van der Waals surface area contributed by atoms with Gasteiger partial charge in [-0.1, -0.05) is 154 Å². The topological polar surface area (TPSA) is 54.0 Å². The van der Waals surface area contributed by atoms with Crippen molar-refractivity contribution in [3.05, 3.63) is 42.0 Å². The highest BCUT2D eigenvalue weighted by Gasteiger charge is 2.18. The molecule has 1 aromatic carbocycles. The van der Waals surface area contributed by atoms with E-state index in [1.54, 1.807) is 19.2 Å². The fourth-order valence-corrected chi connectivity index (χ4v) is 6.29. The number of carbonyl (C=O) groups excluding carboxylic acids is 1. The summed E-state index contributed by atoms with van der Waals surface area (Å²) in [5.41, 5.74) is 0.417. The number of hydrogen-bond acceptors (Lipinski definition) is 5. The van der Waals surface area contributed by atoms with E-state index >= 15 is 0 Å². The average molecular weight is 699 g/mol. The van der Waals surface area contributed by atoms with Crippen LogP contribution in [-0.4, -0.2) is 33.4 Å². The molecule has 1 aromatic rings. The lowest BCUT2D eigenvalue weighted by Crippen LogP contribution is -2.07. The Morgan fingerprint density at radius 3 is 1.12 bits per heavy atom. The van der Waals surface area contributed by atoms with Gasteiger partial charge >= 0.3 is 5.97 Å². The number of ether oxygens (including phenoxy) is 4. The summed E-state index contributed by atoms with van der Waals surface area (Å²) < 4.78 is 23.0. The molecule has 1 rings (SSSR count). The molecule has 0 unspecified atom stereocenters. The molecule has 0 aliphatic carbocycles. The Balaban J connectivity index is 2.24. The molecule has 0 fully saturated rings. The van der Waals surface area contributed by atoms with Crippen LogP contribution in [0, 0.1) is 0 Å². The lowest BCUT2D eigenvalue weighted by Gasteiger charge is -2.17. The van der Waals surface area contributed by atoms with Gasteiger partial charge in [0, 0.05) is 0 Å². The molecule has 0 spiro atoms. The molecule has 0 aliphatic rings. The zero-order valence-electron chi connectivity index (χ0n) is 33.2. The Bertz CT molecular complexity index is 903. The van der Waals surface area contributed by atoms with Crippen molar-refractivity contribution >= 4 is 5.97 Å². The van der Waals surface area contributed by atoms with Crippen LogP contribution < -0.4 is 14.2 Å². The first-order valence-corrected chi connectivity index (χ1v) is 21.0. The Morgan fingerprint density at radius 2 is 0.800 bits per heavy atom. The van der Waals surface area contributed by atoms with Crippen LogP contribution in [0.15, 0.2) is 36.4 Å². The molecular weight excluding hydrogens is 620 g/mol. The summed E-state index contributed by atoms with van der Waals surface area (Å²) >= 11 is 0. The summed E-state index contributed by atoms with van der Waals surface area (Å²) in [6, 6.07) is 3.42. The van der Waals surface area contributed by atoms with E-state index in [0.29, 0.717) is 36.0 Å². The highest BCUT2D eigenvalue weighted by atomic mass is 16.5. The van der Waals surface area contributed by atoms with E-state index in [1.807, 2.05) is 0 Å². The van der Waals surface area contributed by atoms with Gasteiger partial charge in [-0.2, -0.15) is 0 Å². The first-order valence-electron chi connectivity index (χ1n) is 21.0. The van der Waals surface area contributed by atoms with Gasteiger partial charge in [0.25, 0.3) is 0 Å². The third kappa shape index (κ3) is 25.5. The molecule has 50 heavy (non-hydrogen) atoms. The zero-order valence-corrected chi connectivity index (χ0v) is 33.2. The molecule has 0 aliphatic heterocycles. The number of methoxy groups -OCH3 is 2. The standard InChI is InChI=1S/C45H78O5/c1-5-7-9-11-13-15-17-19-21-23-25-27-29-31-33-35-37-49-42-39-41(45(46)48-4)40-43(44(42)47-3)50-38-36-34-32-30-28-26-24-22-20-18-16-14-12-10-8-6-2/h19-22,39-40H,5-18,23-38H2,1-4H3/b21-19-,22-20-. The summed E-state index contributed by atoms with van der Waals surface area (Å²) in [5, 5.41) is 0. The van der Waals surface area contributed by atoms with Crippen molar-refractivity contribution < 1.29 is 23.7 Å². The fourth-order valence-electron chi connectivity index (χ4n) is 6.29. The monoisotopic (exact) mass is 699 g/mol. The minimum Gasteiger partial charge on any atom is -0.490 e. The maximum absolute atomic E-state index is 12.4. The summed E-state index contributed by atoms with van der Waals surface area (Å²) in [5.74, 6) is 1.22. The quantitative estimate of drug-likeness (QED) is 0.0397. The fraction of sp³-hybridized carbons (Fsp3) is 0.756. The third-order valence-electron chi connectivity index (χ3n) is 9.47. The van der Waals surface area contributed by atoms with E-state index in [4.69, 9.17) is 18.9 Å². The van der Waals surface area contributed by atoms with E-state index in [1.165, 1.54) is 161 Å². The van der Waals surface area contributed by atoms with E-state index in [0.717, 1.165) is 25.7 Å². The second kappa shape index (κ2) is 35.0. The van der Waals surface area contributed by atoms with Crippen LogP contribution in [0.3, 0.4) is 0 Å². The largest absolute Gasteiger partial charge is 0.490 e. The molecule has 0 saturated heterocycles. The average Bonchev–Trinajstić information content (AvgIpc) is 3.13.